The summed E-state index contributed by atoms with van der Waals surface area (Å²) >= 11 is 0. The van der Waals surface area contributed by atoms with Crippen molar-refractivity contribution in [1.29, 1.82) is 0 Å². The quantitative estimate of drug-likeness (QED) is 0.731. The lowest BCUT2D eigenvalue weighted by Gasteiger charge is -2.07. The number of aromatic nitrogens is 1. The molecule has 2 aromatic rings. The molecule has 22 heavy (non-hydrogen) atoms. The Hall–Kier alpha value is -2.40. The summed E-state index contributed by atoms with van der Waals surface area (Å²) in [6, 6.07) is 13.5. The van der Waals surface area contributed by atoms with Gasteiger partial charge >= 0.3 is 0 Å². The number of pyridine rings is 1. The van der Waals surface area contributed by atoms with Crippen molar-refractivity contribution in [3.63, 3.8) is 0 Å². The van der Waals surface area contributed by atoms with Gasteiger partial charge in [-0.2, -0.15) is 0 Å². The van der Waals surface area contributed by atoms with Crippen molar-refractivity contribution in [3.8, 4) is 5.75 Å². The molecule has 2 rings (SSSR count). The van der Waals surface area contributed by atoms with Crippen molar-refractivity contribution in [2.75, 3.05) is 13.7 Å². The lowest BCUT2D eigenvalue weighted by atomic mass is 10.2. The molecule has 0 radical (unpaired) electrons. The summed E-state index contributed by atoms with van der Waals surface area (Å²) < 4.78 is 5.11. The van der Waals surface area contributed by atoms with Crippen LogP contribution in [0.3, 0.4) is 0 Å². The molecule has 5 heteroatoms. The maximum atomic E-state index is 11.7. The van der Waals surface area contributed by atoms with Crippen molar-refractivity contribution in [1.82, 2.24) is 15.6 Å². The van der Waals surface area contributed by atoms with E-state index in [0.29, 0.717) is 19.5 Å². The summed E-state index contributed by atoms with van der Waals surface area (Å²) in [6.45, 7) is 1.84. The Kier molecular flexibility index (Phi) is 6.39. The van der Waals surface area contributed by atoms with Crippen LogP contribution in [-0.2, 0) is 17.9 Å². The van der Waals surface area contributed by atoms with E-state index in [1.165, 1.54) is 0 Å². The molecule has 116 valence electrons. The number of nitrogens with one attached hydrogen (secondary N) is 2. The zero-order valence-corrected chi connectivity index (χ0v) is 12.7. The molecule has 0 saturated heterocycles. The topological polar surface area (TPSA) is 63.2 Å². The fourth-order valence-electron chi connectivity index (χ4n) is 1.96. The van der Waals surface area contributed by atoms with E-state index in [1.807, 2.05) is 42.5 Å². The van der Waals surface area contributed by atoms with Gasteiger partial charge in [0.05, 0.1) is 19.3 Å². The third-order valence-electron chi connectivity index (χ3n) is 3.21. The number of nitrogens with zero attached hydrogens (tertiary/aromatic N) is 1. The second-order valence-electron chi connectivity index (χ2n) is 4.87. The van der Waals surface area contributed by atoms with Gasteiger partial charge in [0.1, 0.15) is 5.75 Å². The van der Waals surface area contributed by atoms with E-state index in [2.05, 4.69) is 15.6 Å². The number of carbonyl (C=O) groups is 1. The van der Waals surface area contributed by atoms with Crippen LogP contribution in [0.15, 0.2) is 48.7 Å². The molecule has 1 aromatic heterocycles. The third kappa shape index (κ3) is 5.54. The summed E-state index contributed by atoms with van der Waals surface area (Å²) in [5.41, 5.74) is 2.02. The Morgan fingerprint density at radius 2 is 1.95 bits per heavy atom. The normalized spacial score (nSPS) is 10.2. The van der Waals surface area contributed by atoms with E-state index in [-0.39, 0.29) is 5.91 Å². The van der Waals surface area contributed by atoms with Crippen molar-refractivity contribution in [2.24, 2.45) is 0 Å². The second kappa shape index (κ2) is 8.79. The van der Waals surface area contributed by atoms with Crippen LogP contribution in [-0.4, -0.2) is 24.5 Å². The van der Waals surface area contributed by atoms with Crippen molar-refractivity contribution in [2.45, 2.75) is 19.5 Å². The standard InChI is InChI=1S/C17H21N3O2/c1-22-16-7-5-14(6-8-16)12-18-11-9-17(21)20-13-15-4-2-3-10-19-15/h2-8,10,18H,9,11-13H2,1H3,(H,20,21). The molecular weight excluding hydrogens is 278 g/mol. The minimum absolute atomic E-state index is 0.0212. The van der Waals surface area contributed by atoms with E-state index in [4.69, 9.17) is 4.74 Å². The maximum absolute atomic E-state index is 11.7. The molecule has 0 spiro atoms. The first-order valence-electron chi connectivity index (χ1n) is 7.28. The van der Waals surface area contributed by atoms with Crippen LogP contribution >= 0.6 is 0 Å². The van der Waals surface area contributed by atoms with Gasteiger partial charge in [0, 0.05) is 25.7 Å². The molecule has 1 amide bonds. The fraction of sp³-hybridized carbons (Fsp3) is 0.294. The van der Waals surface area contributed by atoms with Gasteiger partial charge < -0.3 is 15.4 Å². The average Bonchev–Trinajstić information content (AvgIpc) is 2.58. The average molecular weight is 299 g/mol. The van der Waals surface area contributed by atoms with Crippen LogP contribution in [0, 0.1) is 0 Å². The molecule has 0 aliphatic carbocycles. The van der Waals surface area contributed by atoms with Crippen LogP contribution < -0.4 is 15.4 Å². The number of hydrogen-bond acceptors (Lipinski definition) is 4. The predicted octanol–water partition coefficient (Wildman–Crippen LogP) is 1.89. The van der Waals surface area contributed by atoms with Gasteiger partial charge in [-0.1, -0.05) is 18.2 Å². The number of rotatable bonds is 8. The predicted molar refractivity (Wildman–Crippen MR) is 85.4 cm³/mol. The highest BCUT2D eigenvalue weighted by atomic mass is 16.5. The Balaban J connectivity index is 1.60. The molecule has 1 aromatic carbocycles. The largest absolute Gasteiger partial charge is 0.497 e. The molecule has 0 fully saturated rings. The van der Waals surface area contributed by atoms with Crippen molar-refractivity contribution < 1.29 is 9.53 Å². The molecule has 5 nitrogen and oxygen atoms in total. The molecule has 2 N–H and O–H groups in total. The highest BCUT2D eigenvalue weighted by Crippen LogP contribution is 2.10. The summed E-state index contributed by atoms with van der Waals surface area (Å²) in [7, 11) is 1.65. The summed E-state index contributed by atoms with van der Waals surface area (Å²) in [5, 5.41) is 6.11. The van der Waals surface area contributed by atoms with E-state index in [1.54, 1.807) is 13.3 Å². The number of carbonyl (C=O) groups excluding carboxylic acids is 1. The Morgan fingerprint density at radius 1 is 1.14 bits per heavy atom. The van der Waals surface area contributed by atoms with Gasteiger partial charge in [0.25, 0.3) is 0 Å². The SMILES string of the molecule is COc1ccc(CNCCC(=O)NCc2ccccn2)cc1. The van der Waals surface area contributed by atoms with Crippen LogP contribution in [0.5, 0.6) is 5.75 Å². The van der Waals surface area contributed by atoms with E-state index >= 15 is 0 Å². The second-order valence-corrected chi connectivity index (χ2v) is 4.87. The summed E-state index contributed by atoms with van der Waals surface area (Å²) in [6.07, 6.45) is 2.17. The van der Waals surface area contributed by atoms with Crippen molar-refractivity contribution >= 4 is 5.91 Å². The molecule has 0 saturated carbocycles. The van der Waals surface area contributed by atoms with Crippen LogP contribution in [0.2, 0.25) is 0 Å². The maximum Gasteiger partial charge on any atom is 0.221 e. The molecule has 0 unspecified atom stereocenters. The van der Waals surface area contributed by atoms with Crippen LogP contribution in [0.4, 0.5) is 0 Å². The molecule has 0 atom stereocenters. The van der Waals surface area contributed by atoms with Crippen molar-refractivity contribution in [3.05, 3.63) is 59.9 Å². The monoisotopic (exact) mass is 299 g/mol. The lowest BCUT2D eigenvalue weighted by molar-refractivity contribution is -0.121. The number of benzene rings is 1. The van der Waals surface area contributed by atoms with E-state index < -0.39 is 0 Å². The molecule has 1 heterocycles. The minimum Gasteiger partial charge on any atom is -0.497 e. The first-order valence-corrected chi connectivity index (χ1v) is 7.28. The highest BCUT2D eigenvalue weighted by Gasteiger charge is 2.01. The Labute approximate surface area is 130 Å². The molecule has 0 aliphatic heterocycles. The summed E-state index contributed by atoms with van der Waals surface area (Å²) in [5.74, 6) is 0.866. The summed E-state index contributed by atoms with van der Waals surface area (Å²) in [4.78, 5) is 15.9. The third-order valence-corrected chi connectivity index (χ3v) is 3.21. The molecule has 0 aliphatic rings. The number of hydrogen-bond donors (Lipinski definition) is 2. The Morgan fingerprint density at radius 3 is 2.64 bits per heavy atom. The fourth-order valence-corrected chi connectivity index (χ4v) is 1.96. The minimum atomic E-state index is 0.0212. The van der Waals surface area contributed by atoms with Gasteiger partial charge in [0.2, 0.25) is 5.91 Å². The smallest absolute Gasteiger partial charge is 0.221 e. The van der Waals surface area contributed by atoms with Gasteiger partial charge in [-0.25, -0.2) is 0 Å². The van der Waals surface area contributed by atoms with Gasteiger partial charge in [0.15, 0.2) is 0 Å². The number of ether oxygens (including phenoxy) is 1. The molecule has 0 bridgehead atoms. The Bertz CT molecular complexity index is 570. The van der Waals surface area contributed by atoms with E-state index in [0.717, 1.165) is 23.6 Å². The van der Waals surface area contributed by atoms with Gasteiger partial charge in [-0.3, -0.25) is 9.78 Å². The number of methoxy groups -OCH3 is 1. The van der Waals surface area contributed by atoms with Crippen LogP contribution in [0.1, 0.15) is 17.7 Å². The molecular formula is C17H21N3O2. The lowest BCUT2D eigenvalue weighted by Crippen LogP contribution is -2.27. The number of amides is 1. The van der Waals surface area contributed by atoms with Gasteiger partial charge in [-0.15, -0.1) is 0 Å². The van der Waals surface area contributed by atoms with E-state index in [9.17, 15) is 4.79 Å². The highest BCUT2D eigenvalue weighted by molar-refractivity contribution is 5.75. The first-order chi connectivity index (χ1) is 10.8. The zero-order chi connectivity index (χ0) is 15.6. The van der Waals surface area contributed by atoms with Crippen LogP contribution in [0.25, 0.3) is 0 Å². The van der Waals surface area contributed by atoms with Gasteiger partial charge in [-0.05, 0) is 29.8 Å². The first kappa shape index (κ1) is 16.0. The zero-order valence-electron chi connectivity index (χ0n) is 12.7.